The maximum absolute atomic E-state index is 13.8. The van der Waals surface area contributed by atoms with Gasteiger partial charge in [-0.15, -0.1) is 0 Å². The predicted octanol–water partition coefficient (Wildman–Crippen LogP) is 4.81. The maximum atomic E-state index is 13.8. The lowest BCUT2D eigenvalue weighted by molar-refractivity contribution is -0.139. The predicted molar refractivity (Wildman–Crippen MR) is 142 cm³/mol. The zero-order chi connectivity index (χ0) is 28.9. The van der Waals surface area contributed by atoms with E-state index in [0.29, 0.717) is 27.6 Å². The highest BCUT2D eigenvalue weighted by molar-refractivity contribution is 7.07. The molecule has 8 nitrogen and oxygen atoms in total. The molecular formula is C29H21F3N2O6S. The van der Waals surface area contributed by atoms with E-state index < -0.39 is 29.3 Å². The molecule has 6 rings (SSSR count). The van der Waals surface area contributed by atoms with Gasteiger partial charge in [-0.1, -0.05) is 29.5 Å². The van der Waals surface area contributed by atoms with Crippen LogP contribution in [0.2, 0.25) is 0 Å². The number of alkyl halides is 3. The third-order valence-electron chi connectivity index (χ3n) is 6.60. The van der Waals surface area contributed by atoms with Crippen molar-refractivity contribution in [1.82, 2.24) is 4.57 Å². The van der Waals surface area contributed by atoms with Crippen LogP contribution in [0.25, 0.3) is 17.4 Å². The number of aromatic nitrogens is 1. The Bertz CT molecular complexity index is 1900. The quantitative estimate of drug-likeness (QED) is 0.314. The summed E-state index contributed by atoms with van der Waals surface area (Å²) in [5.41, 5.74) is 0.251. The molecule has 4 heterocycles. The van der Waals surface area contributed by atoms with Crippen molar-refractivity contribution in [2.24, 2.45) is 4.99 Å². The van der Waals surface area contributed by atoms with Crippen LogP contribution in [0.1, 0.15) is 36.8 Å². The van der Waals surface area contributed by atoms with Crippen LogP contribution in [0.3, 0.4) is 0 Å². The number of benzene rings is 2. The lowest BCUT2D eigenvalue weighted by atomic mass is 9.95. The molecule has 2 aromatic carbocycles. The van der Waals surface area contributed by atoms with E-state index in [9.17, 15) is 22.8 Å². The van der Waals surface area contributed by atoms with Gasteiger partial charge >= 0.3 is 12.1 Å². The Kier molecular flexibility index (Phi) is 6.57. The first kappa shape index (κ1) is 26.6. The van der Waals surface area contributed by atoms with Gasteiger partial charge < -0.3 is 18.6 Å². The van der Waals surface area contributed by atoms with E-state index in [2.05, 4.69) is 4.99 Å². The molecule has 2 aromatic heterocycles. The number of ether oxygens (including phenoxy) is 3. The standard InChI is InChI=1S/C29H21F3N2O6S/c1-3-37-27(36)24-15(2)33-28-34(25(24)17-7-9-21-22(12-17)39-14-38-21)26(35)23(41-28)13-19-8-10-20(40-19)16-5-4-6-18(11-16)29(30,31)32/h4-13,25H,3,14H2,1-2H3/t25-/m0/s1. The smallest absolute Gasteiger partial charge is 0.416 e. The lowest BCUT2D eigenvalue weighted by Gasteiger charge is -2.24. The summed E-state index contributed by atoms with van der Waals surface area (Å²) in [5.74, 6) is 0.925. The zero-order valence-corrected chi connectivity index (χ0v) is 22.5. The van der Waals surface area contributed by atoms with E-state index in [0.717, 1.165) is 23.5 Å². The second-order valence-corrected chi connectivity index (χ2v) is 10.2. The van der Waals surface area contributed by atoms with Gasteiger partial charge in [-0.3, -0.25) is 9.36 Å². The zero-order valence-electron chi connectivity index (χ0n) is 21.7. The molecule has 0 spiro atoms. The largest absolute Gasteiger partial charge is 0.463 e. The lowest BCUT2D eigenvalue weighted by Crippen LogP contribution is -2.39. The van der Waals surface area contributed by atoms with Crippen molar-refractivity contribution in [3.8, 4) is 22.8 Å². The number of esters is 1. The van der Waals surface area contributed by atoms with Gasteiger partial charge in [0.25, 0.3) is 5.56 Å². The van der Waals surface area contributed by atoms with Crippen LogP contribution < -0.4 is 24.4 Å². The number of allylic oxidation sites excluding steroid dienone is 1. The number of halogens is 3. The minimum Gasteiger partial charge on any atom is -0.463 e. The maximum Gasteiger partial charge on any atom is 0.416 e. The Morgan fingerprint density at radius 2 is 1.95 bits per heavy atom. The number of hydrogen-bond acceptors (Lipinski definition) is 8. The average Bonchev–Trinajstić information content (AvgIpc) is 3.67. The first-order valence-electron chi connectivity index (χ1n) is 12.5. The molecule has 0 unspecified atom stereocenters. The van der Waals surface area contributed by atoms with Crippen molar-refractivity contribution in [2.45, 2.75) is 26.1 Å². The SMILES string of the molecule is CCOC(=O)C1=C(C)N=c2sc(=Cc3ccc(-c4cccc(C(F)(F)F)c4)o3)c(=O)n2[C@H]1c1ccc2c(c1)OCO2. The number of furan rings is 1. The molecule has 0 fully saturated rings. The number of rotatable bonds is 5. The Hall–Kier alpha value is -4.58. The minimum atomic E-state index is -4.49. The van der Waals surface area contributed by atoms with Crippen LogP contribution in [0.5, 0.6) is 11.5 Å². The third-order valence-corrected chi connectivity index (χ3v) is 7.59. The second-order valence-electron chi connectivity index (χ2n) is 9.20. The first-order valence-corrected chi connectivity index (χ1v) is 13.3. The average molecular weight is 583 g/mol. The molecule has 0 amide bonds. The van der Waals surface area contributed by atoms with Gasteiger partial charge in [-0.2, -0.15) is 13.2 Å². The fraction of sp³-hybridized carbons (Fsp3) is 0.207. The van der Waals surface area contributed by atoms with Crippen molar-refractivity contribution >= 4 is 23.4 Å². The summed E-state index contributed by atoms with van der Waals surface area (Å²) in [5, 5.41) is 0. The highest BCUT2D eigenvalue weighted by Gasteiger charge is 2.34. The summed E-state index contributed by atoms with van der Waals surface area (Å²) in [6.07, 6.45) is -2.99. The molecule has 0 aliphatic carbocycles. The molecule has 0 saturated heterocycles. The van der Waals surface area contributed by atoms with Crippen molar-refractivity contribution in [3.05, 3.63) is 102 Å². The van der Waals surface area contributed by atoms with Gasteiger partial charge in [0.05, 0.1) is 34.0 Å². The summed E-state index contributed by atoms with van der Waals surface area (Å²) >= 11 is 1.10. The summed E-state index contributed by atoms with van der Waals surface area (Å²) in [7, 11) is 0. The van der Waals surface area contributed by atoms with Gasteiger partial charge in [-0.25, -0.2) is 9.79 Å². The van der Waals surface area contributed by atoms with Crippen LogP contribution in [0.15, 0.2) is 80.1 Å². The number of hydrogen-bond donors (Lipinski definition) is 0. The molecule has 41 heavy (non-hydrogen) atoms. The van der Waals surface area contributed by atoms with Gasteiger partial charge in [0.15, 0.2) is 16.3 Å². The molecule has 0 bridgehead atoms. The molecular weight excluding hydrogens is 561 g/mol. The van der Waals surface area contributed by atoms with Crippen LogP contribution in [0.4, 0.5) is 13.2 Å². The minimum absolute atomic E-state index is 0.0623. The van der Waals surface area contributed by atoms with Gasteiger partial charge in [-0.05, 0) is 55.8 Å². The van der Waals surface area contributed by atoms with Crippen molar-refractivity contribution in [1.29, 1.82) is 0 Å². The van der Waals surface area contributed by atoms with Crippen LogP contribution in [-0.4, -0.2) is 23.9 Å². The van der Waals surface area contributed by atoms with Crippen molar-refractivity contribution in [2.75, 3.05) is 13.4 Å². The van der Waals surface area contributed by atoms with E-state index in [1.807, 2.05) is 0 Å². The van der Waals surface area contributed by atoms with Gasteiger partial charge in [0.2, 0.25) is 6.79 Å². The van der Waals surface area contributed by atoms with Crippen molar-refractivity contribution in [3.63, 3.8) is 0 Å². The van der Waals surface area contributed by atoms with Crippen LogP contribution in [0, 0.1) is 0 Å². The van der Waals surface area contributed by atoms with Crippen molar-refractivity contribution < 1.29 is 36.6 Å². The van der Waals surface area contributed by atoms with E-state index >= 15 is 0 Å². The highest BCUT2D eigenvalue weighted by Crippen LogP contribution is 2.38. The normalized spacial score (nSPS) is 16.5. The van der Waals surface area contributed by atoms with Crippen LogP contribution >= 0.6 is 11.3 Å². The second kappa shape index (κ2) is 10.1. The molecule has 2 aliphatic heterocycles. The summed E-state index contributed by atoms with van der Waals surface area (Å²) in [4.78, 5) is 31.7. The summed E-state index contributed by atoms with van der Waals surface area (Å²) < 4.78 is 63.2. The Morgan fingerprint density at radius 3 is 2.73 bits per heavy atom. The molecule has 4 aromatic rings. The number of thiazole rings is 1. The number of carbonyl (C=O) groups is 1. The Labute approximate surface area is 234 Å². The van der Waals surface area contributed by atoms with Gasteiger partial charge in [0.1, 0.15) is 11.5 Å². The first-order chi connectivity index (χ1) is 19.6. The molecule has 12 heteroatoms. The van der Waals surface area contributed by atoms with E-state index in [1.165, 1.54) is 28.8 Å². The highest BCUT2D eigenvalue weighted by atomic mass is 32.1. The van der Waals surface area contributed by atoms with Crippen LogP contribution in [-0.2, 0) is 15.7 Å². The van der Waals surface area contributed by atoms with E-state index in [4.69, 9.17) is 18.6 Å². The number of nitrogens with zero attached hydrogens (tertiary/aromatic N) is 2. The molecule has 0 radical (unpaired) electrons. The molecule has 1 atom stereocenters. The monoisotopic (exact) mass is 582 g/mol. The van der Waals surface area contributed by atoms with Gasteiger partial charge in [0, 0.05) is 11.6 Å². The van der Waals surface area contributed by atoms with E-state index in [-0.39, 0.29) is 40.6 Å². The molecule has 0 N–H and O–H groups in total. The number of fused-ring (bicyclic) bond motifs is 2. The summed E-state index contributed by atoms with van der Waals surface area (Å²) in [6.45, 7) is 3.57. The fourth-order valence-corrected chi connectivity index (χ4v) is 5.78. The molecule has 0 saturated carbocycles. The molecule has 2 aliphatic rings. The Morgan fingerprint density at radius 1 is 1.15 bits per heavy atom. The summed E-state index contributed by atoms with van der Waals surface area (Å²) in [6, 6.07) is 12.2. The molecule has 210 valence electrons. The number of carbonyl (C=O) groups excluding carboxylic acids is 1. The third kappa shape index (κ3) is 4.84. The fourth-order valence-electron chi connectivity index (χ4n) is 4.75. The topological polar surface area (TPSA) is 92.3 Å². The Balaban J connectivity index is 1.45. The van der Waals surface area contributed by atoms with E-state index in [1.54, 1.807) is 38.1 Å².